The fourth-order valence-electron chi connectivity index (χ4n) is 6.33. The molecule has 5 atom stereocenters. The van der Waals surface area contributed by atoms with Gasteiger partial charge in [0.15, 0.2) is 0 Å². The first-order valence-electron chi connectivity index (χ1n) is 9.92. The summed E-state index contributed by atoms with van der Waals surface area (Å²) in [5.41, 5.74) is 2.07. The van der Waals surface area contributed by atoms with Gasteiger partial charge in [0.05, 0.1) is 24.6 Å². The topological polar surface area (TPSA) is 46.6 Å². The zero-order chi connectivity index (χ0) is 19.0. The molecule has 0 N–H and O–H groups in total. The lowest BCUT2D eigenvalue weighted by Crippen LogP contribution is -2.35. The summed E-state index contributed by atoms with van der Waals surface area (Å²) >= 11 is 0. The van der Waals surface area contributed by atoms with E-state index in [-0.39, 0.29) is 40.9 Å². The summed E-state index contributed by atoms with van der Waals surface area (Å²) in [4.78, 5) is 28.1. The highest BCUT2D eigenvalue weighted by atomic mass is 16.5. The van der Waals surface area contributed by atoms with Gasteiger partial charge in [-0.05, 0) is 59.4 Å². The van der Waals surface area contributed by atoms with Crippen molar-refractivity contribution in [2.75, 3.05) is 12.0 Å². The molecule has 140 valence electrons. The van der Waals surface area contributed by atoms with Crippen molar-refractivity contribution in [1.29, 1.82) is 0 Å². The monoisotopic (exact) mass is 371 g/mol. The zero-order valence-corrected chi connectivity index (χ0v) is 15.6. The van der Waals surface area contributed by atoms with Crippen molar-refractivity contribution in [3.8, 4) is 5.75 Å². The molecule has 4 nitrogen and oxygen atoms in total. The summed E-state index contributed by atoms with van der Waals surface area (Å²) in [5, 5.41) is 0. The van der Waals surface area contributed by atoms with Gasteiger partial charge in [-0.1, -0.05) is 42.5 Å². The van der Waals surface area contributed by atoms with Crippen molar-refractivity contribution in [1.82, 2.24) is 0 Å². The predicted octanol–water partition coefficient (Wildman–Crippen LogP) is 3.79. The molecule has 5 unspecified atom stereocenters. The number of fused-ring (bicyclic) bond motifs is 3. The Morgan fingerprint density at radius 3 is 2.07 bits per heavy atom. The maximum absolute atomic E-state index is 13.3. The Labute approximate surface area is 163 Å². The number of hydrogen-bond donors (Lipinski definition) is 0. The molecule has 1 saturated heterocycles. The van der Waals surface area contributed by atoms with Gasteiger partial charge in [-0.15, -0.1) is 0 Å². The third-order valence-electron chi connectivity index (χ3n) is 7.52. The normalized spacial score (nSPS) is 37.0. The van der Waals surface area contributed by atoms with Crippen LogP contribution in [-0.2, 0) is 9.59 Å². The van der Waals surface area contributed by atoms with E-state index in [2.05, 4.69) is 36.4 Å². The highest BCUT2D eigenvalue weighted by Gasteiger charge is 2.77. The summed E-state index contributed by atoms with van der Waals surface area (Å²) in [6, 6.07) is 17.7. The van der Waals surface area contributed by atoms with Gasteiger partial charge in [-0.25, -0.2) is 0 Å². The first kappa shape index (κ1) is 16.1. The van der Waals surface area contributed by atoms with Gasteiger partial charge >= 0.3 is 0 Å². The Morgan fingerprint density at radius 1 is 0.893 bits per heavy atom. The van der Waals surface area contributed by atoms with Crippen LogP contribution in [0.1, 0.15) is 17.9 Å². The largest absolute Gasteiger partial charge is 0.497 e. The highest BCUT2D eigenvalue weighted by molar-refractivity contribution is 6.23. The zero-order valence-electron chi connectivity index (χ0n) is 15.6. The molecule has 28 heavy (non-hydrogen) atoms. The second-order valence-corrected chi connectivity index (χ2v) is 8.48. The van der Waals surface area contributed by atoms with Gasteiger partial charge < -0.3 is 4.74 Å². The second-order valence-electron chi connectivity index (χ2n) is 8.48. The first-order chi connectivity index (χ1) is 13.7. The van der Waals surface area contributed by atoms with E-state index in [1.807, 2.05) is 6.07 Å². The van der Waals surface area contributed by atoms with Crippen molar-refractivity contribution in [2.45, 2.75) is 12.3 Å². The standard InChI is InChI=1S/C24H21NO3/c1-28-16-9-7-15(8-10-16)25-22(26)20-17-11-12-18(21(20)23(25)27)24(17)13-19(24)14-5-3-2-4-6-14/h2-12,17-21H,13H2,1H3. The lowest BCUT2D eigenvalue weighted by atomic mass is 9.85. The van der Waals surface area contributed by atoms with Crippen molar-refractivity contribution in [3.05, 3.63) is 72.3 Å². The van der Waals surface area contributed by atoms with E-state index in [1.165, 1.54) is 10.5 Å². The maximum Gasteiger partial charge on any atom is 0.238 e. The molecule has 1 aliphatic heterocycles. The van der Waals surface area contributed by atoms with Gasteiger partial charge in [0.25, 0.3) is 0 Å². The first-order valence-corrected chi connectivity index (χ1v) is 9.92. The smallest absolute Gasteiger partial charge is 0.238 e. The molecular weight excluding hydrogens is 350 g/mol. The predicted molar refractivity (Wildman–Crippen MR) is 105 cm³/mol. The molecule has 0 radical (unpaired) electrons. The van der Waals surface area contributed by atoms with Gasteiger partial charge in [0, 0.05) is 0 Å². The number of nitrogens with zero attached hydrogens (tertiary/aromatic N) is 1. The number of ether oxygens (including phenoxy) is 1. The minimum absolute atomic E-state index is 0.0323. The summed E-state index contributed by atoms with van der Waals surface area (Å²) in [5.74, 6) is 1.04. The number of imide groups is 1. The van der Waals surface area contributed by atoms with E-state index in [0.717, 1.165) is 6.42 Å². The van der Waals surface area contributed by atoms with E-state index in [9.17, 15) is 9.59 Å². The molecule has 6 rings (SSSR count). The molecule has 2 amide bonds. The van der Waals surface area contributed by atoms with Gasteiger partial charge in [-0.3, -0.25) is 14.5 Å². The molecule has 2 saturated carbocycles. The Balaban J connectivity index is 1.34. The Morgan fingerprint density at radius 2 is 1.50 bits per heavy atom. The number of rotatable bonds is 3. The number of amides is 2. The second kappa shape index (κ2) is 5.34. The van der Waals surface area contributed by atoms with Crippen LogP contribution in [0.15, 0.2) is 66.7 Å². The Hall–Kier alpha value is -2.88. The van der Waals surface area contributed by atoms with E-state index in [1.54, 1.807) is 31.4 Å². The van der Waals surface area contributed by atoms with Crippen LogP contribution in [-0.4, -0.2) is 18.9 Å². The number of hydrogen-bond acceptors (Lipinski definition) is 3. The van der Waals surface area contributed by atoms with Crippen LogP contribution < -0.4 is 9.64 Å². The number of methoxy groups -OCH3 is 1. The molecule has 3 aliphatic carbocycles. The lowest BCUT2D eigenvalue weighted by Gasteiger charge is -2.23. The molecule has 3 fully saturated rings. The van der Waals surface area contributed by atoms with E-state index in [0.29, 0.717) is 17.4 Å². The Kier molecular flexibility index (Phi) is 3.07. The number of carbonyl (C=O) groups excluding carboxylic acids is 2. The van der Waals surface area contributed by atoms with Crippen LogP contribution in [0.25, 0.3) is 0 Å². The van der Waals surface area contributed by atoms with E-state index < -0.39 is 0 Å². The van der Waals surface area contributed by atoms with Crippen LogP contribution in [0.2, 0.25) is 0 Å². The van der Waals surface area contributed by atoms with Crippen LogP contribution >= 0.6 is 0 Å². The number of anilines is 1. The van der Waals surface area contributed by atoms with E-state index >= 15 is 0 Å². The molecule has 2 aromatic carbocycles. The number of carbonyl (C=O) groups is 2. The van der Waals surface area contributed by atoms with Crippen molar-refractivity contribution < 1.29 is 14.3 Å². The summed E-state index contributed by atoms with van der Waals surface area (Å²) in [6.45, 7) is 0. The van der Waals surface area contributed by atoms with Crippen LogP contribution in [0.3, 0.4) is 0 Å². The minimum atomic E-state index is -0.210. The van der Waals surface area contributed by atoms with Gasteiger partial charge in [0.1, 0.15) is 5.75 Å². The molecule has 0 aromatic heterocycles. The SMILES string of the molecule is COc1ccc(N2C(=O)C3C(C2=O)C2C=CC3C23CC3c2ccccc2)cc1. The van der Waals surface area contributed by atoms with Crippen LogP contribution in [0.5, 0.6) is 5.75 Å². The van der Waals surface area contributed by atoms with Gasteiger partial charge in [0.2, 0.25) is 11.8 Å². The molecule has 1 heterocycles. The molecule has 2 aromatic rings. The fourth-order valence-corrected chi connectivity index (χ4v) is 6.33. The highest BCUT2D eigenvalue weighted by Crippen LogP contribution is 2.79. The van der Waals surface area contributed by atoms with Crippen molar-refractivity contribution in [3.63, 3.8) is 0 Å². The number of benzene rings is 2. The third kappa shape index (κ3) is 1.81. The molecular formula is C24H21NO3. The lowest BCUT2D eigenvalue weighted by molar-refractivity contribution is -0.123. The number of allylic oxidation sites excluding steroid dienone is 2. The summed E-state index contributed by atoms with van der Waals surface area (Å²) in [6.07, 6.45) is 5.52. The fraction of sp³-hybridized carbons (Fsp3) is 0.333. The van der Waals surface area contributed by atoms with E-state index in [4.69, 9.17) is 4.74 Å². The van der Waals surface area contributed by atoms with Gasteiger partial charge in [-0.2, -0.15) is 0 Å². The molecule has 4 heteroatoms. The summed E-state index contributed by atoms with van der Waals surface area (Å²) < 4.78 is 5.20. The Bertz CT molecular complexity index is 978. The van der Waals surface area contributed by atoms with Crippen molar-refractivity contribution in [2.24, 2.45) is 29.1 Å². The van der Waals surface area contributed by atoms with Crippen LogP contribution in [0.4, 0.5) is 5.69 Å². The van der Waals surface area contributed by atoms with Crippen molar-refractivity contribution >= 4 is 17.5 Å². The average Bonchev–Trinajstić information content (AvgIpc) is 3.21. The molecule has 2 bridgehead atoms. The summed E-state index contributed by atoms with van der Waals surface area (Å²) in [7, 11) is 1.60. The van der Waals surface area contributed by atoms with Crippen LogP contribution in [0, 0.1) is 29.1 Å². The molecule has 4 aliphatic rings. The molecule has 1 spiro atoms. The maximum atomic E-state index is 13.3. The minimum Gasteiger partial charge on any atom is -0.497 e. The average molecular weight is 371 g/mol. The quantitative estimate of drug-likeness (QED) is 0.609. The third-order valence-corrected chi connectivity index (χ3v) is 7.52.